The molecule has 7 rings (SSSR count). The molecule has 0 amide bonds. The molecule has 17 heteroatoms. The molecule has 17 nitrogen and oxygen atoms in total. The van der Waals surface area contributed by atoms with Gasteiger partial charge in [0, 0.05) is 51.9 Å². The van der Waals surface area contributed by atoms with Crippen LogP contribution >= 0.6 is 0 Å². The topological polar surface area (TPSA) is 242 Å². The number of carbonyl (C=O) groups is 1. The van der Waals surface area contributed by atoms with E-state index in [1.165, 1.54) is 21.0 Å². The highest BCUT2D eigenvalue weighted by molar-refractivity contribution is 5.85. The molecule has 22 unspecified atom stereocenters. The molecule has 59 heavy (non-hydrogen) atoms. The molecule has 338 valence electrons. The van der Waals surface area contributed by atoms with Gasteiger partial charge in [-0.15, -0.1) is 0 Å². The molecule has 22 atom stereocenters. The normalized spacial score (nSPS) is 55.1. The van der Waals surface area contributed by atoms with Crippen LogP contribution in [0, 0.1) is 16.7 Å². The van der Waals surface area contributed by atoms with Gasteiger partial charge in [0.15, 0.2) is 24.7 Å². The van der Waals surface area contributed by atoms with Gasteiger partial charge in [-0.25, -0.2) is 0 Å². The second kappa shape index (κ2) is 16.4. The fourth-order valence-corrected chi connectivity index (χ4v) is 12.2. The van der Waals surface area contributed by atoms with Gasteiger partial charge < -0.3 is 78.4 Å². The highest BCUT2D eigenvalue weighted by Crippen LogP contribution is 2.69. The number of hydrogen-bond donors (Lipinski definition) is 7. The molecule has 7 aliphatic rings. The molecule has 0 spiro atoms. The Morgan fingerprint density at radius 2 is 1.34 bits per heavy atom. The third-order valence-electron chi connectivity index (χ3n) is 15.7. The molecule has 0 bridgehead atoms. The van der Waals surface area contributed by atoms with Crippen LogP contribution in [0.3, 0.4) is 0 Å². The highest BCUT2D eigenvalue weighted by atomic mass is 16.8. The van der Waals surface area contributed by atoms with Crippen LogP contribution in [0.4, 0.5) is 0 Å². The Labute approximate surface area is 346 Å². The van der Waals surface area contributed by atoms with Gasteiger partial charge in [-0.3, -0.25) is 4.79 Å². The molecule has 0 aromatic heterocycles. The molecule has 3 heterocycles. The largest absolute Gasteiger partial charge is 0.390 e. The lowest BCUT2D eigenvalue weighted by molar-refractivity contribution is -0.352. The maximum atomic E-state index is 12.6. The number of hydrogen-bond acceptors (Lipinski definition) is 17. The van der Waals surface area contributed by atoms with Crippen molar-refractivity contribution in [2.75, 3.05) is 21.3 Å². The number of carbonyl (C=O) groups excluding carboxylic acids is 1. The zero-order chi connectivity index (χ0) is 43.2. The van der Waals surface area contributed by atoms with Gasteiger partial charge in [0.2, 0.25) is 0 Å². The Bertz CT molecular complexity index is 1570. The standard InChI is InChI=1S/C42H68O17/c1-19-29(44)34(53-9)30(45)37(56-19)59-33-21(3)55-28(16-26(33)52-8)58-32-20(2)54-27(15-25(32)51-7)57-24-11-12-38(5)23(14-24)10-13-41(49)35(38)31(46)36(47)39(6)17-40(48,22(4)43)18-42(39,41)50/h10,19-21,24-37,44-50H,11-18H2,1-9H3. The lowest BCUT2D eigenvalue weighted by Crippen LogP contribution is -2.78. The zero-order valence-corrected chi connectivity index (χ0v) is 35.8. The minimum Gasteiger partial charge on any atom is -0.390 e. The SMILES string of the molecule is COC1CC(OC2CCC3(C)C(=CCC4(O)C3C(O)C(O)C3(C)CC(O)(C(C)=O)CC34O)C2)OC(C)C1OC1CC(OC)C(OC2OC(C)C(O)C(OC)C2O)C(C)O1. The Morgan fingerprint density at radius 3 is 1.92 bits per heavy atom. The van der Waals surface area contributed by atoms with Gasteiger partial charge in [0.25, 0.3) is 0 Å². The lowest BCUT2D eigenvalue weighted by Gasteiger charge is -2.67. The van der Waals surface area contributed by atoms with Crippen molar-refractivity contribution in [3.8, 4) is 0 Å². The number of methoxy groups -OCH3 is 3. The summed E-state index contributed by atoms with van der Waals surface area (Å²) in [5.74, 6) is -1.54. The van der Waals surface area contributed by atoms with Crippen LogP contribution in [0.2, 0.25) is 0 Å². The molecule has 0 aromatic rings. The summed E-state index contributed by atoms with van der Waals surface area (Å²) in [6.45, 7) is 10.1. The maximum absolute atomic E-state index is 12.6. The molecule has 7 N–H and O–H groups in total. The molecule has 6 fully saturated rings. The first-order valence-corrected chi connectivity index (χ1v) is 21.2. The first kappa shape index (κ1) is 45.8. The van der Waals surface area contributed by atoms with Gasteiger partial charge in [-0.2, -0.15) is 0 Å². The van der Waals surface area contributed by atoms with Crippen molar-refractivity contribution in [2.24, 2.45) is 16.7 Å². The van der Waals surface area contributed by atoms with Crippen LogP contribution in [-0.2, 0) is 47.4 Å². The number of ketones is 1. The molecule has 3 aliphatic heterocycles. The van der Waals surface area contributed by atoms with Crippen LogP contribution < -0.4 is 0 Å². The lowest BCUT2D eigenvalue weighted by atomic mass is 9.43. The van der Waals surface area contributed by atoms with Crippen molar-refractivity contribution in [1.29, 1.82) is 0 Å². The molecule has 3 saturated carbocycles. The molecular formula is C42H68O17. The summed E-state index contributed by atoms with van der Waals surface area (Å²) in [5.41, 5.74) is -7.35. The monoisotopic (exact) mass is 844 g/mol. The van der Waals surface area contributed by atoms with Gasteiger partial charge in [-0.05, 0) is 65.2 Å². The van der Waals surface area contributed by atoms with Crippen LogP contribution in [0.1, 0.15) is 92.9 Å². The number of aliphatic hydroxyl groups excluding tert-OH is 4. The van der Waals surface area contributed by atoms with E-state index >= 15 is 0 Å². The summed E-state index contributed by atoms with van der Waals surface area (Å²) in [7, 11) is 4.57. The number of fused-ring (bicyclic) bond motifs is 5. The van der Waals surface area contributed by atoms with Crippen molar-refractivity contribution in [3.05, 3.63) is 11.6 Å². The van der Waals surface area contributed by atoms with Crippen molar-refractivity contribution in [1.82, 2.24) is 0 Å². The van der Waals surface area contributed by atoms with Gasteiger partial charge >= 0.3 is 0 Å². The van der Waals surface area contributed by atoms with Crippen LogP contribution in [0.25, 0.3) is 0 Å². The molecule has 4 aliphatic carbocycles. The number of Topliss-reactive ketones (excluding diaryl/α,β-unsaturated/α-hetero) is 1. The van der Waals surface area contributed by atoms with E-state index in [2.05, 4.69) is 0 Å². The maximum Gasteiger partial charge on any atom is 0.187 e. The van der Waals surface area contributed by atoms with E-state index in [0.717, 1.165) is 5.57 Å². The van der Waals surface area contributed by atoms with Crippen molar-refractivity contribution >= 4 is 5.78 Å². The second-order valence-corrected chi connectivity index (χ2v) is 19.1. The Morgan fingerprint density at radius 1 is 0.746 bits per heavy atom. The average Bonchev–Trinajstić information content (AvgIpc) is 3.42. The van der Waals surface area contributed by atoms with E-state index in [0.29, 0.717) is 32.1 Å². The van der Waals surface area contributed by atoms with E-state index in [1.54, 1.807) is 21.1 Å². The Balaban J connectivity index is 0.981. The number of aliphatic hydroxyl groups is 7. The molecule has 0 radical (unpaired) electrons. The molecule has 0 aromatic carbocycles. The summed E-state index contributed by atoms with van der Waals surface area (Å²) < 4.78 is 54.9. The third kappa shape index (κ3) is 7.30. The first-order chi connectivity index (χ1) is 27.6. The predicted molar refractivity (Wildman–Crippen MR) is 204 cm³/mol. The minimum absolute atomic E-state index is 0.0342. The summed E-state index contributed by atoms with van der Waals surface area (Å²) >= 11 is 0. The third-order valence-corrected chi connectivity index (χ3v) is 15.7. The van der Waals surface area contributed by atoms with E-state index < -0.39 is 138 Å². The summed E-state index contributed by atoms with van der Waals surface area (Å²) in [5, 5.41) is 80.7. The van der Waals surface area contributed by atoms with E-state index in [-0.39, 0.29) is 18.9 Å². The molecular weight excluding hydrogens is 776 g/mol. The zero-order valence-electron chi connectivity index (χ0n) is 35.8. The van der Waals surface area contributed by atoms with E-state index in [9.17, 15) is 40.5 Å². The fourth-order valence-electron chi connectivity index (χ4n) is 12.2. The van der Waals surface area contributed by atoms with E-state index in [1.807, 2.05) is 26.8 Å². The Hall–Kier alpha value is -1.23. The van der Waals surface area contributed by atoms with Crippen LogP contribution in [0.15, 0.2) is 11.6 Å². The smallest absolute Gasteiger partial charge is 0.187 e. The van der Waals surface area contributed by atoms with Gasteiger partial charge in [-0.1, -0.05) is 25.5 Å². The Kier molecular flexibility index (Phi) is 12.7. The van der Waals surface area contributed by atoms with Crippen LogP contribution in [-0.4, -0.2) is 178 Å². The minimum atomic E-state index is -2.05. The summed E-state index contributed by atoms with van der Waals surface area (Å²) in [6.07, 6.45) is -9.24. The second-order valence-electron chi connectivity index (χ2n) is 19.1. The van der Waals surface area contributed by atoms with Crippen molar-refractivity contribution in [3.63, 3.8) is 0 Å². The van der Waals surface area contributed by atoms with E-state index in [4.69, 9.17) is 42.6 Å². The van der Waals surface area contributed by atoms with Crippen LogP contribution in [0.5, 0.6) is 0 Å². The quantitative estimate of drug-likeness (QED) is 0.147. The predicted octanol–water partition coefficient (Wildman–Crippen LogP) is 0.378. The highest BCUT2D eigenvalue weighted by Gasteiger charge is 2.80. The number of rotatable bonds is 10. The fraction of sp³-hybridized carbons (Fsp3) is 0.929. The number of ether oxygens (including phenoxy) is 9. The summed E-state index contributed by atoms with van der Waals surface area (Å²) in [6, 6.07) is 0. The van der Waals surface area contributed by atoms with Gasteiger partial charge in [0.1, 0.15) is 47.3 Å². The summed E-state index contributed by atoms with van der Waals surface area (Å²) in [4.78, 5) is 12.6. The molecule has 3 saturated heterocycles. The van der Waals surface area contributed by atoms with Crippen molar-refractivity contribution < 1.29 is 83.2 Å². The van der Waals surface area contributed by atoms with Gasteiger partial charge in [0.05, 0.1) is 48.8 Å². The average molecular weight is 845 g/mol. The van der Waals surface area contributed by atoms with Crippen molar-refractivity contribution in [2.45, 2.75) is 208 Å². The first-order valence-electron chi connectivity index (χ1n) is 21.2.